The average molecular weight is 594 g/mol. The van der Waals surface area contributed by atoms with Crippen LogP contribution in [0.15, 0.2) is 71.6 Å². The van der Waals surface area contributed by atoms with Crippen LogP contribution in [-0.2, 0) is 35.0 Å². The fourth-order valence-corrected chi connectivity index (χ4v) is 6.90. The third-order valence-electron chi connectivity index (χ3n) is 7.61. The Morgan fingerprint density at radius 2 is 1.79 bits per heavy atom. The third kappa shape index (κ3) is 9.76. The van der Waals surface area contributed by atoms with E-state index in [0.29, 0.717) is 41.8 Å². The molecule has 1 aliphatic rings. The first kappa shape index (κ1) is 31.9. The van der Waals surface area contributed by atoms with Crippen molar-refractivity contribution in [3.05, 3.63) is 89.0 Å². The zero-order valence-electron chi connectivity index (χ0n) is 24.4. The molecule has 0 saturated heterocycles. The van der Waals surface area contributed by atoms with E-state index < -0.39 is 22.9 Å². The molecule has 2 unspecified atom stereocenters. The van der Waals surface area contributed by atoms with E-state index in [4.69, 9.17) is 9.47 Å². The van der Waals surface area contributed by atoms with Crippen LogP contribution < -0.4 is 14.8 Å². The van der Waals surface area contributed by atoms with Crippen molar-refractivity contribution in [2.24, 2.45) is 0 Å². The van der Waals surface area contributed by atoms with Crippen molar-refractivity contribution in [2.75, 3.05) is 19.7 Å². The lowest BCUT2D eigenvalue weighted by Crippen LogP contribution is -2.23. The summed E-state index contributed by atoms with van der Waals surface area (Å²) in [6.07, 6.45) is 7.57. The zero-order chi connectivity index (χ0) is 29.7. The van der Waals surface area contributed by atoms with E-state index in [1.54, 1.807) is 18.2 Å². The minimum absolute atomic E-state index is 0.283. The molecule has 0 radical (unpaired) electrons. The van der Waals surface area contributed by atoms with Gasteiger partial charge in [-0.15, -0.1) is 0 Å². The van der Waals surface area contributed by atoms with Crippen LogP contribution in [0.25, 0.3) is 0 Å². The molecular weight excluding hydrogens is 550 g/mol. The third-order valence-corrected chi connectivity index (χ3v) is 9.40. The first-order chi connectivity index (χ1) is 20.4. The number of ether oxygens (including phenoxy) is 2. The van der Waals surface area contributed by atoms with Gasteiger partial charge >= 0.3 is 5.97 Å². The Morgan fingerprint density at radius 3 is 2.52 bits per heavy atom. The number of aryl methyl sites for hydroxylation is 1. The van der Waals surface area contributed by atoms with Crippen LogP contribution in [0.4, 0.5) is 0 Å². The van der Waals surface area contributed by atoms with Gasteiger partial charge in [-0.2, -0.15) is 0 Å². The second kappa shape index (κ2) is 16.6. The van der Waals surface area contributed by atoms with Crippen LogP contribution in [0.2, 0.25) is 0 Å². The number of carbonyl (C=O) groups is 1. The molecule has 3 aromatic carbocycles. The van der Waals surface area contributed by atoms with E-state index in [9.17, 15) is 19.2 Å². The van der Waals surface area contributed by atoms with Crippen LogP contribution in [-0.4, -0.2) is 45.3 Å². The predicted molar refractivity (Wildman–Crippen MR) is 165 cm³/mol. The van der Waals surface area contributed by atoms with E-state index in [0.717, 1.165) is 49.2 Å². The summed E-state index contributed by atoms with van der Waals surface area (Å²) >= 11 is 0. The van der Waals surface area contributed by atoms with E-state index in [1.165, 1.54) is 30.9 Å². The Morgan fingerprint density at radius 1 is 1.00 bits per heavy atom. The van der Waals surface area contributed by atoms with Gasteiger partial charge in [0.2, 0.25) is 0 Å². The topological polar surface area (TPSA) is 105 Å². The molecule has 1 aliphatic carbocycles. The molecule has 8 heteroatoms. The SMILES string of the molecule is CC(=O)Oc1ccc(C(O)CNCCc2ccc(OCCCCc3cccc(S(=O)C4CCCC4)c3)cc2)cc1CO. The van der Waals surface area contributed by atoms with Crippen LogP contribution in [0, 0.1) is 0 Å². The predicted octanol–water partition coefficient (Wildman–Crippen LogP) is 5.42. The Kier molecular flexibility index (Phi) is 12.6. The van der Waals surface area contributed by atoms with E-state index in [-0.39, 0.29) is 6.61 Å². The molecule has 0 heterocycles. The molecule has 3 N–H and O–H groups in total. The second-order valence-electron chi connectivity index (χ2n) is 10.9. The molecule has 1 fully saturated rings. The molecule has 2 atom stereocenters. The maximum atomic E-state index is 12.8. The molecular formula is C34H43NO6S. The minimum Gasteiger partial charge on any atom is -0.494 e. The number of nitrogens with one attached hydrogen (secondary N) is 1. The lowest BCUT2D eigenvalue weighted by atomic mass is 10.0. The summed E-state index contributed by atoms with van der Waals surface area (Å²) < 4.78 is 23.8. The lowest BCUT2D eigenvalue weighted by Gasteiger charge is -2.15. The summed E-state index contributed by atoms with van der Waals surface area (Å²) in [6.45, 7) is 2.75. The minimum atomic E-state index is -0.882. The fourth-order valence-electron chi connectivity index (χ4n) is 5.27. The van der Waals surface area contributed by atoms with Gasteiger partial charge in [-0.05, 0) is 98.2 Å². The molecule has 7 nitrogen and oxygen atoms in total. The van der Waals surface area contributed by atoms with Gasteiger partial charge in [-0.3, -0.25) is 9.00 Å². The van der Waals surface area contributed by atoms with Gasteiger partial charge in [-0.1, -0.05) is 43.2 Å². The normalized spacial score (nSPS) is 14.9. The van der Waals surface area contributed by atoms with Gasteiger partial charge in [0, 0.05) is 29.2 Å². The maximum absolute atomic E-state index is 12.8. The van der Waals surface area contributed by atoms with Crippen LogP contribution in [0.1, 0.15) is 73.8 Å². The molecule has 3 aromatic rings. The van der Waals surface area contributed by atoms with Crippen molar-refractivity contribution in [1.29, 1.82) is 0 Å². The van der Waals surface area contributed by atoms with E-state index in [1.807, 2.05) is 24.3 Å². The monoisotopic (exact) mass is 593 g/mol. The van der Waals surface area contributed by atoms with Gasteiger partial charge in [0.15, 0.2) is 0 Å². The van der Waals surface area contributed by atoms with E-state index in [2.05, 4.69) is 29.6 Å². The molecule has 0 aromatic heterocycles. The average Bonchev–Trinajstić information content (AvgIpc) is 3.55. The smallest absolute Gasteiger partial charge is 0.308 e. The first-order valence-electron chi connectivity index (χ1n) is 14.9. The van der Waals surface area contributed by atoms with Crippen molar-refractivity contribution in [3.63, 3.8) is 0 Å². The number of esters is 1. The highest BCUT2D eigenvalue weighted by Crippen LogP contribution is 2.27. The number of unbranched alkanes of at least 4 members (excludes halogenated alkanes) is 1. The highest BCUT2D eigenvalue weighted by molar-refractivity contribution is 7.85. The number of hydrogen-bond acceptors (Lipinski definition) is 7. The Labute approximate surface area is 251 Å². The molecule has 0 aliphatic heterocycles. The van der Waals surface area contributed by atoms with Gasteiger partial charge < -0.3 is 25.0 Å². The Balaban J connectivity index is 1.11. The number of rotatable bonds is 16. The largest absolute Gasteiger partial charge is 0.494 e. The van der Waals surface area contributed by atoms with Crippen molar-refractivity contribution >= 4 is 16.8 Å². The van der Waals surface area contributed by atoms with Crippen molar-refractivity contribution < 1.29 is 28.7 Å². The van der Waals surface area contributed by atoms with Crippen LogP contribution >= 0.6 is 0 Å². The van der Waals surface area contributed by atoms with Crippen LogP contribution in [0.5, 0.6) is 11.5 Å². The van der Waals surface area contributed by atoms with Gasteiger partial charge in [0.05, 0.1) is 30.1 Å². The molecule has 0 spiro atoms. The molecule has 226 valence electrons. The number of carbonyl (C=O) groups excluding carboxylic acids is 1. The van der Waals surface area contributed by atoms with Gasteiger partial charge in [-0.25, -0.2) is 0 Å². The quantitative estimate of drug-likeness (QED) is 0.116. The van der Waals surface area contributed by atoms with Crippen molar-refractivity contribution in [3.8, 4) is 11.5 Å². The van der Waals surface area contributed by atoms with Crippen LogP contribution in [0.3, 0.4) is 0 Å². The summed E-state index contributed by atoms with van der Waals surface area (Å²) in [7, 11) is -0.882. The maximum Gasteiger partial charge on any atom is 0.308 e. The number of hydrogen-bond donors (Lipinski definition) is 3. The highest BCUT2D eigenvalue weighted by Gasteiger charge is 2.22. The lowest BCUT2D eigenvalue weighted by molar-refractivity contribution is -0.131. The Hall–Kier alpha value is -3.04. The van der Waals surface area contributed by atoms with Crippen molar-refractivity contribution in [2.45, 2.75) is 81.1 Å². The molecule has 42 heavy (non-hydrogen) atoms. The summed E-state index contributed by atoms with van der Waals surface area (Å²) in [5.74, 6) is 0.700. The molecule has 4 rings (SSSR count). The number of aliphatic hydroxyl groups excluding tert-OH is 2. The molecule has 0 bridgehead atoms. The molecule has 0 amide bonds. The Bertz CT molecular complexity index is 1310. The number of benzene rings is 3. The van der Waals surface area contributed by atoms with Gasteiger partial charge in [0.25, 0.3) is 0 Å². The summed E-state index contributed by atoms with van der Waals surface area (Å²) in [6, 6.07) is 21.3. The highest BCUT2D eigenvalue weighted by atomic mass is 32.2. The first-order valence-corrected chi connectivity index (χ1v) is 16.2. The van der Waals surface area contributed by atoms with Gasteiger partial charge in [0.1, 0.15) is 11.5 Å². The number of aliphatic hydroxyl groups is 2. The van der Waals surface area contributed by atoms with Crippen molar-refractivity contribution in [1.82, 2.24) is 5.32 Å². The summed E-state index contributed by atoms with van der Waals surface area (Å²) in [4.78, 5) is 12.2. The second-order valence-corrected chi connectivity index (χ2v) is 12.6. The summed E-state index contributed by atoms with van der Waals surface area (Å²) in [5.41, 5.74) is 3.53. The molecule has 1 saturated carbocycles. The zero-order valence-corrected chi connectivity index (χ0v) is 25.2. The van der Waals surface area contributed by atoms with E-state index >= 15 is 0 Å². The fraction of sp³-hybridized carbons (Fsp3) is 0.441. The summed E-state index contributed by atoms with van der Waals surface area (Å²) in [5, 5.41) is 23.7. The standard InChI is InChI=1S/C34H43NO6S/c1-25(37)41-34-17-14-28(22-29(34)24-36)33(38)23-35-19-18-26-12-15-30(16-13-26)40-20-5-4-7-27-8-6-11-32(21-27)42(39)31-9-2-3-10-31/h6,8,11-17,21-22,31,33,35-36,38H,2-5,7,9-10,18-20,23-24H2,1H3.